The van der Waals surface area contributed by atoms with Crippen molar-refractivity contribution in [2.24, 2.45) is 10.8 Å². The van der Waals surface area contributed by atoms with Crippen LogP contribution in [-0.2, 0) is 0 Å². The molecule has 1 aliphatic rings. The van der Waals surface area contributed by atoms with Gasteiger partial charge in [0, 0.05) is 6.42 Å². The number of aliphatic hydroxyl groups is 1. The summed E-state index contributed by atoms with van der Waals surface area (Å²) in [4.78, 5) is 0. The minimum atomic E-state index is -0.833. The minimum absolute atomic E-state index is 0.0106. The smallest absolute Gasteiger partial charge is 0.109 e. The van der Waals surface area contributed by atoms with Crippen molar-refractivity contribution in [3.63, 3.8) is 0 Å². The molecule has 0 aliphatic heterocycles. The van der Waals surface area contributed by atoms with Crippen LogP contribution in [-0.4, -0.2) is 10.7 Å². The van der Waals surface area contributed by atoms with Crippen LogP contribution in [0.1, 0.15) is 41.5 Å². The van der Waals surface area contributed by atoms with E-state index in [0.717, 1.165) is 5.57 Å². The number of hydrogen-bond acceptors (Lipinski definition) is 1. The molecular formula is C14H23O. The fraction of sp³-hybridized carbons (Fsp3) is 0.643. The standard InChI is InChI=1S/C14H23O/c1-12(2,3)11-9-7-8-10-14(11,15)13(4,5)6/h7-10,15H,1-6H3. The molecule has 1 N–H and O–H groups in total. The Balaban J connectivity index is 3.22. The van der Waals surface area contributed by atoms with Crippen molar-refractivity contribution in [3.8, 4) is 0 Å². The van der Waals surface area contributed by atoms with Gasteiger partial charge in [0.2, 0.25) is 0 Å². The quantitative estimate of drug-likeness (QED) is 0.644. The molecule has 0 aromatic heterocycles. The van der Waals surface area contributed by atoms with Gasteiger partial charge in [0.25, 0.3) is 0 Å². The Morgan fingerprint density at radius 1 is 1.07 bits per heavy atom. The van der Waals surface area contributed by atoms with Crippen molar-refractivity contribution in [3.05, 3.63) is 30.2 Å². The van der Waals surface area contributed by atoms with Crippen molar-refractivity contribution in [1.29, 1.82) is 0 Å². The van der Waals surface area contributed by atoms with Crippen LogP contribution in [0.25, 0.3) is 0 Å². The maximum atomic E-state index is 10.8. The Labute approximate surface area is 93.9 Å². The van der Waals surface area contributed by atoms with E-state index in [-0.39, 0.29) is 10.8 Å². The molecule has 1 radical (unpaired) electrons. The molecule has 15 heavy (non-hydrogen) atoms. The predicted octanol–water partition coefficient (Wildman–Crippen LogP) is 3.51. The molecule has 0 fully saturated rings. The van der Waals surface area contributed by atoms with Gasteiger partial charge < -0.3 is 5.11 Å². The molecule has 0 aromatic rings. The van der Waals surface area contributed by atoms with E-state index in [4.69, 9.17) is 0 Å². The van der Waals surface area contributed by atoms with Crippen LogP contribution < -0.4 is 0 Å². The first-order valence-corrected chi connectivity index (χ1v) is 5.55. The molecule has 0 bridgehead atoms. The Hall–Kier alpha value is -0.560. The van der Waals surface area contributed by atoms with Crippen molar-refractivity contribution in [1.82, 2.24) is 0 Å². The second-order valence-corrected chi connectivity index (χ2v) is 6.40. The van der Waals surface area contributed by atoms with E-state index in [1.807, 2.05) is 24.6 Å². The third kappa shape index (κ3) is 2.17. The molecule has 1 nitrogen and oxygen atoms in total. The van der Waals surface area contributed by atoms with Gasteiger partial charge in [0.1, 0.15) is 5.60 Å². The molecule has 0 spiro atoms. The first kappa shape index (κ1) is 12.5. The third-order valence-electron chi connectivity index (χ3n) is 3.07. The fourth-order valence-corrected chi connectivity index (χ4v) is 2.04. The van der Waals surface area contributed by atoms with Crippen LogP contribution >= 0.6 is 0 Å². The highest BCUT2D eigenvalue weighted by Gasteiger charge is 2.45. The first-order valence-electron chi connectivity index (χ1n) is 5.55. The maximum absolute atomic E-state index is 10.8. The molecule has 1 unspecified atom stereocenters. The Bertz CT molecular complexity index is 296. The molecule has 1 atom stereocenters. The van der Waals surface area contributed by atoms with E-state index in [0.29, 0.717) is 0 Å². The topological polar surface area (TPSA) is 20.2 Å². The Morgan fingerprint density at radius 2 is 1.60 bits per heavy atom. The fourth-order valence-electron chi connectivity index (χ4n) is 2.04. The summed E-state index contributed by atoms with van der Waals surface area (Å²) in [5.74, 6) is 0. The van der Waals surface area contributed by atoms with Gasteiger partial charge in [0.05, 0.1) is 0 Å². The lowest BCUT2D eigenvalue weighted by Gasteiger charge is -2.46. The molecule has 1 heteroatoms. The van der Waals surface area contributed by atoms with Gasteiger partial charge in [-0.3, -0.25) is 0 Å². The van der Waals surface area contributed by atoms with Gasteiger partial charge in [-0.05, 0) is 16.4 Å². The van der Waals surface area contributed by atoms with Gasteiger partial charge in [0.15, 0.2) is 0 Å². The summed E-state index contributed by atoms with van der Waals surface area (Å²) in [7, 11) is 0. The summed E-state index contributed by atoms with van der Waals surface area (Å²) in [5, 5.41) is 10.8. The molecule has 1 rings (SSSR count). The summed E-state index contributed by atoms with van der Waals surface area (Å²) >= 11 is 0. The molecule has 0 saturated heterocycles. The monoisotopic (exact) mass is 207 g/mol. The number of allylic oxidation sites excluding steroid dienone is 2. The zero-order valence-corrected chi connectivity index (χ0v) is 10.8. The first-order chi connectivity index (χ1) is 6.59. The normalized spacial score (nSPS) is 27.8. The van der Waals surface area contributed by atoms with Gasteiger partial charge >= 0.3 is 0 Å². The average molecular weight is 207 g/mol. The Kier molecular flexibility index (Phi) is 2.90. The summed E-state index contributed by atoms with van der Waals surface area (Å²) in [6.45, 7) is 12.6. The van der Waals surface area contributed by atoms with Crippen molar-refractivity contribution >= 4 is 0 Å². The highest BCUT2D eigenvalue weighted by atomic mass is 16.3. The lowest BCUT2D eigenvalue weighted by atomic mass is 9.63. The molecule has 1 aliphatic carbocycles. The number of hydrogen-bond donors (Lipinski definition) is 1. The lowest BCUT2D eigenvalue weighted by molar-refractivity contribution is 0.00436. The molecule has 85 valence electrons. The van der Waals surface area contributed by atoms with Gasteiger partial charge in [-0.15, -0.1) is 0 Å². The second kappa shape index (κ2) is 3.48. The SMILES string of the molecule is CC(C)(C)C1=C[CH]C=CC1(O)C(C)(C)C. The maximum Gasteiger partial charge on any atom is 0.109 e. The van der Waals surface area contributed by atoms with Crippen LogP contribution in [0, 0.1) is 17.3 Å². The van der Waals surface area contributed by atoms with Crippen LogP contribution in [0.15, 0.2) is 23.8 Å². The zero-order chi connectivity index (χ0) is 11.9. The van der Waals surface area contributed by atoms with Crippen molar-refractivity contribution in [2.45, 2.75) is 47.1 Å². The summed E-state index contributed by atoms with van der Waals surface area (Å²) in [6, 6.07) is 0. The molecule has 0 heterocycles. The van der Waals surface area contributed by atoms with Gasteiger partial charge in [-0.25, -0.2) is 0 Å². The van der Waals surface area contributed by atoms with E-state index in [1.54, 1.807) is 0 Å². The van der Waals surface area contributed by atoms with E-state index in [9.17, 15) is 5.11 Å². The molecule has 0 aromatic carbocycles. The van der Waals surface area contributed by atoms with Crippen LogP contribution in [0.5, 0.6) is 0 Å². The zero-order valence-electron chi connectivity index (χ0n) is 10.8. The van der Waals surface area contributed by atoms with Crippen LogP contribution in [0.3, 0.4) is 0 Å². The third-order valence-corrected chi connectivity index (χ3v) is 3.07. The summed E-state index contributed by atoms with van der Waals surface area (Å²) in [6.07, 6.45) is 7.89. The second-order valence-electron chi connectivity index (χ2n) is 6.40. The van der Waals surface area contributed by atoms with Crippen molar-refractivity contribution < 1.29 is 5.11 Å². The number of rotatable bonds is 0. The van der Waals surface area contributed by atoms with Crippen LogP contribution in [0.2, 0.25) is 0 Å². The highest BCUT2D eigenvalue weighted by Crippen LogP contribution is 2.46. The van der Waals surface area contributed by atoms with E-state index >= 15 is 0 Å². The van der Waals surface area contributed by atoms with Gasteiger partial charge in [-0.2, -0.15) is 0 Å². The predicted molar refractivity (Wildman–Crippen MR) is 65.4 cm³/mol. The molecular weight excluding hydrogens is 184 g/mol. The highest BCUT2D eigenvalue weighted by molar-refractivity contribution is 5.40. The lowest BCUT2D eigenvalue weighted by Crippen LogP contribution is -2.47. The summed E-state index contributed by atoms with van der Waals surface area (Å²) < 4.78 is 0. The molecule has 0 saturated carbocycles. The van der Waals surface area contributed by atoms with E-state index < -0.39 is 5.60 Å². The van der Waals surface area contributed by atoms with E-state index in [2.05, 4.69) is 41.5 Å². The minimum Gasteiger partial charge on any atom is -0.381 e. The summed E-state index contributed by atoms with van der Waals surface area (Å²) in [5.41, 5.74) is 0.0603. The molecule has 0 amide bonds. The average Bonchev–Trinajstić information content (AvgIpc) is 2.00. The van der Waals surface area contributed by atoms with Gasteiger partial charge in [-0.1, -0.05) is 59.8 Å². The van der Waals surface area contributed by atoms with Crippen molar-refractivity contribution in [2.75, 3.05) is 0 Å². The largest absolute Gasteiger partial charge is 0.381 e. The van der Waals surface area contributed by atoms with E-state index in [1.165, 1.54) is 0 Å². The van der Waals surface area contributed by atoms with Crippen LogP contribution in [0.4, 0.5) is 0 Å². The Morgan fingerprint density at radius 3 is 1.93 bits per heavy atom.